The second kappa shape index (κ2) is 8.62. The molecule has 8 heteroatoms. The number of carbonyl (C=O) groups excluding carboxylic acids is 2. The molecular weight excluding hydrogens is 403 g/mol. The van der Waals surface area contributed by atoms with Gasteiger partial charge in [-0.3, -0.25) is 4.79 Å². The Morgan fingerprint density at radius 1 is 1.03 bits per heavy atom. The van der Waals surface area contributed by atoms with E-state index < -0.39 is 5.82 Å². The Bertz CT molecular complexity index is 1080. The van der Waals surface area contributed by atoms with Crippen molar-refractivity contribution in [3.8, 4) is 11.3 Å². The molecule has 1 saturated heterocycles. The van der Waals surface area contributed by atoms with Crippen LogP contribution in [0.25, 0.3) is 11.3 Å². The van der Waals surface area contributed by atoms with Crippen molar-refractivity contribution in [2.75, 3.05) is 31.5 Å². The molecule has 30 heavy (non-hydrogen) atoms. The first-order chi connectivity index (χ1) is 14.5. The summed E-state index contributed by atoms with van der Waals surface area (Å²) in [5, 5.41) is 5.90. The maximum Gasteiger partial charge on any atom is 0.321 e. The number of nitrogens with zero attached hydrogens (tertiary/aromatic N) is 3. The van der Waals surface area contributed by atoms with Crippen molar-refractivity contribution < 1.29 is 14.0 Å². The fraction of sp³-hybridized carbons (Fsp3) is 0.227. The topological polar surface area (TPSA) is 65.5 Å². The number of anilines is 1. The highest BCUT2D eigenvalue weighted by atomic mass is 32.1. The summed E-state index contributed by atoms with van der Waals surface area (Å²) in [6.45, 7) is 3.59. The van der Waals surface area contributed by atoms with E-state index in [2.05, 4.69) is 10.3 Å². The molecule has 3 amide bonds. The van der Waals surface area contributed by atoms with Gasteiger partial charge >= 0.3 is 6.03 Å². The minimum atomic E-state index is -0.436. The molecule has 0 aliphatic carbocycles. The van der Waals surface area contributed by atoms with Gasteiger partial charge in [0, 0.05) is 48.4 Å². The second-order valence-corrected chi connectivity index (χ2v) is 8.11. The van der Waals surface area contributed by atoms with E-state index >= 15 is 0 Å². The molecular formula is C22H21FN4O2S. The van der Waals surface area contributed by atoms with E-state index in [1.807, 2.05) is 36.6 Å². The van der Waals surface area contributed by atoms with Crippen LogP contribution in [0.1, 0.15) is 15.4 Å². The summed E-state index contributed by atoms with van der Waals surface area (Å²) in [5.74, 6) is -0.658. The summed E-state index contributed by atoms with van der Waals surface area (Å²) in [5.41, 5.74) is 2.85. The molecule has 0 saturated carbocycles. The number of piperazine rings is 1. The average molecular weight is 425 g/mol. The maximum absolute atomic E-state index is 13.4. The number of aromatic nitrogens is 1. The van der Waals surface area contributed by atoms with E-state index in [4.69, 9.17) is 0 Å². The normalized spacial score (nSPS) is 13.9. The zero-order valence-corrected chi connectivity index (χ0v) is 17.3. The summed E-state index contributed by atoms with van der Waals surface area (Å²) in [7, 11) is 0. The molecule has 0 bridgehead atoms. The number of benzene rings is 2. The molecule has 0 atom stereocenters. The van der Waals surface area contributed by atoms with Crippen LogP contribution >= 0.6 is 11.3 Å². The molecule has 1 N–H and O–H groups in total. The summed E-state index contributed by atoms with van der Waals surface area (Å²) in [4.78, 5) is 33.0. The standard InChI is InChI=1S/C22H21FN4O2S/c1-15-24-20(14-30-15)16-4-3-7-19(13-16)25-22(29)27-10-8-26(9-11-27)21(28)17-5-2-6-18(23)12-17/h2-7,12-14H,8-11H2,1H3,(H,25,29). The molecule has 0 unspecified atom stereocenters. The number of hydrogen-bond acceptors (Lipinski definition) is 4. The summed E-state index contributed by atoms with van der Waals surface area (Å²) >= 11 is 1.58. The van der Waals surface area contributed by atoms with Crippen LogP contribution in [0.3, 0.4) is 0 Å². The van der Waals surface area contributed by atoms with Gasteiger partial charge < -0.3 is 15.1 Å². The van der Waals surface area contributed by atoms with E-state index in [-0.39, 0.29) is 11.9 Å². The predicted molar refractivity (Wildman–Crippen MR) is 115 cm³/mol. The van der Waals surface area contributed by atoms with Gasteiger partial charge in [0.15, 0.2) is 0 Å². The number of urea groups is 1. The van der Waals surface area contributed by atoms with E-state index in [0.717, 1.165) is 16.3 Å². The van der Waals surface area contributed by atoms with Crippen molar-refractivity contribution in [2.45, 2.75) is 6.92 Å². The van der Waals surface area contributed by atoms with Gasteiger partial charge in [0.25, 0.3) is 5.91 Å². The average Bonchev–Trinajstić information content (AvgIpc) is 3.20. The number of carbonyl (C=O) groups is 2. The number of hydrogen-bond donors (Lipinski definition) is 1. The van der Waals surface area contributed by atoms with Gasteiger partial charge in [-0.05, 0) is 37.3 Å². The summed E-state index contributed by atoms with van der Waals surface area (Å²) in [6, 6.07) is 13.0. The monoisotopic (exact) mass is 424 g/mol. The van der Waals surface area contributed by atoms with Gasteiger partial charge in [-0.15, -0.1) is 11.3 Å². The van der Waals surface area contributed by atoms with E-state index in [0.29, 0.717) is 37.4 Å². The first-order valence-electron chi connectivity index (χ1n) is 9.63. The Labute approximate surface area is 178 Å². The van der Waals surface area contributed by atoms with Crippen molar-refractivity contribution in [1.82, 2.24) is 14.8 Å². The van der Waals surface area contributed by atoms with Crippen LogP contribution in [0.5, 0.6) is 0 Å². The van der Waals surface area contributed by atoms with Gasteiger partial charge in [-0.1, -0.05) is 18.2 Å². The molecule has 154 valence electrons. The Morgan fingerprint density at radius 2 is 1.77 bits per heavy atom. The first kappa shape index (κ1) is 20.0. The Balaban J connectivity index is 1.35. The van der Waals surface area contributed by atoms with Gasteiger partial charge in [-0.2, -0.15) is 0 Å². The van der Waals surface area contributed by atoms with Crippen molar-refractivity contribution in [3.63, 3.8) is 0 Å². The number of amides is 3. The smallest absolute Gasteiger partial charge is 0.321 e. The van der Waals surface area contributed by atoms with Crippen LogP contribution in [0.15, 0.2) is 53.9 Å². The highest BCUT2D eigenvalue weighted by molar-refractivity contribution is 7.09. The minimum absolute atomic E-state index is 0.209. The van der Waals surface area contributed by atoms with Crippen LogP contribution in [0.2, 0.25) is 0 Å². The molecule has 1 aliphatic heterocycles. The molecule has 0 spiro atoms. The van der Waals surface area contributed by atoms with Gasteiger partial charge in [0.1, 0.15) is 5.82 Å². The number of thiazole rings is 1. The molecule has 4 rings (SSSR count). The Hall–Kier alpha value is -3.26. The van der Waals surface area contributed by atoms with Crippen molar-refractivity contribution in [2.24, 2.45) is 0 Å². The quantitative estimate of drug-likeness (QED) is 0.684. The van der Waals surface area contributed by atoms with Crippen molar-refractivity contribution in [3.05, 3.63) is 70.3 Å². The number of nitrogens with one attached hydrogen (secondary N) is 1. The zero-order chi connectivity index (χ0) is 21.1. The number of halogens is 1. The Morgan fingerprint density at radius 3 is 2.47 bits per heavy atom. The number of aryl methyl sites for hydroxylation is 1. The van der Waals surface area contributed by atoms with Crippen LogP contribution in [-0.2, 0) is 0 Å². The molecule has 2 aromatic carbocycles. The zero-order valence-electron chi connectivity index (χ0n) is 16.5. The van der Waals surface area contributed by atoms with Crippen molar-refractivity contribution in [1.29, 1.82) is 0 Å². The summed E-state index contributed by atoms with van der Waals surface area (Å²) in [6.07, 6.45) is 0. The third kappa shape index (κ3) is 4.49. The SMILES string of the molecule is Cc1nc(-c2cccc(NC(=O)N3CCN(C(=O)c4cccc(F)c4)CC3)c2)cs1. The molecule has 1 aliphatic rings. The highest BCUT2D eigenvalue weighted by Gasteiger charge is 2.25. The predicted octanol–water partition coefficient (Wildman–Crippen LogP) is 4.25. The van der Waals surface area contributed by atoms with Crippen LogP contribution in [0.4, 0.5) is 14.9 Å². The lowest BCUT2D eigenvalue weighted by atomic mass is 10.1. The lowest BCUT2D eigenvalue weighted by Crippen LogP contribution is -2.51. The molecule has 0 radical (unpaired) electrons. The largest absolute Gasteiger partial charge is 0.335 e. The highest BCUT2D eigenvalue weighted by Crippen LogP contribution is 2.24. The third-order valence-electron chi connectivity index (χ3n) is 4.95. The molecule has 1 fully saturated rings. The maximum atomic E-state index is 13.4. The lowest BCUT2D eigenvalue weighted by molar-refractivity contribution is 0.0671. The second-order valence-electron chi connectivity index (χ2n) is 7.05. The number of rotatable bonds is 3. The summed E-state index contributed by atoms with van der Waals surface area (Å²) < 4.78 is 13.4. The van der Waals surface area contributed by atoms with Crippen LogP contribution in [0, 0.1) is 12.7 Å². The van der Waals surface area contributed by atoms with E-state index in [1.165, 1.54) is 18.2 Å². The first-order valence-corrected chi connectivity index (χ1v) is 10.5. The van der Waals surface area contributed by atoms with Gasteiger partial charge in [0.05, 0.1) is 10.7 Å². The fourth-order valence-corrected chi connectivity index (χ4v) is 3.99. The van der Waals surface area contributed by atoms with Crippen LogP contribution < -0.4 is 5.32 Å². The fourth-order valence-electron chi connectivity index (χ4n) is 3.37. The Kier molecular flexibility index (Phi) is 5.76. The molecule has 3 aromatic rings. The van der Waals surface area contributed by atoms with Gasteiger partial charge in [-0.25, -0.2) is 14.2 Å². The minimum Gasteiger partial charge on any atom is -0.335 e. The molecule has 1 aromatic heterocycles. The lowest BCUT2D eigenvalue weighted by Gasteiger charge is -2.34. The third-order valence-corrected chi connectivity index (χ3v) is 5.73. The van der Waals surface area contributed by atoms with E-state index in [1.54, 1.807) is 27.2 Å². The van der Waals surface area contributed by atoms with Crippen molar-refractivity contribution >= 4 is 29.0 Å². The molecule has 6 nitrogen and oxygen atoms in total. The van der Waals surface area contributed by atoms with E-state index in [9.17, 15) is 14.0 Å². The molecule has 2 heterocycles. The van der Waals surface area contributed by atoms with Crippen LogP contribution in [-0.4, -0.2) is 52.9 Å². The van der Waals surface area contributed by atoms with Gasteiger partial charge in [0.2, 0.25) is 0 Å².